The molecule has 28 heavy (non-hydrogen) atoms. The SMILES string of the molecule is C[C@@H](NC(=O)c1ccc(COc2ccccc2[N+](=O)[O-])o1)[C@@H]1C[C@@H]2CC[C@@H]1C2. The van der Waals surface area contributed by atoms with Crippen LogP contribution in [-0.4, -0.2) is 16.9 Å². The van der Waals surface area contributed by atoms with Gasteiger partial charge in [-0.25, -0.2) is 0 Å². The van der Waals surface area contributed by atoms with Crippen LogP contribution in [0.15, 0.2) is 40.8 Å². The van der Waals surface area contributed by atoms with E-state index in [1.54, 1.807) is 24.3 Å². The van der Waals surface area contributed by atoms with Gasteiger partial charge in [0.1, 0.15) is 12.4 Å². The zero-order valence-electron chi connectivity index (χ0n) is 15.8. The third kappa shape index (κ3) is 3.74. The Balaban J connectivity index is 1.34. The van der Waals surface area contributed by atoms with Gasteiger partial charge >= 0.3 is 5.69 Å². The first kappa shape index (κ1) is 18.5. The molecule has 4 rings (SSSR count). The summed E-state index contributed by atoms with van der Waals surface area (Å²) in [6, 6.07) is 9.56. The van der Waals surface area contributed by atoms with Crippen molar-refractivity contribution in [3.05, 3.63) is 58.0 Å². The molecule has 2 aliphatic rings. The molecule has 1 N–H and O–H groups in total. The van der Waals surface area contributed by atoms with E-state index in [4.69, 9.17) is 9.15 Å². The largest absolute Gasteiger partial charge is 0.479 e. The maximum Gasteiger partial charge on any atom is 0.310 e. The first-order valence-corrected chi connectivity index (χ1v) is 9.77. The number of nitrogens with zero attached hydrogens (tertiary/aromatic N) is 1. The van der Waals surface area contributed by atoms with E-state index in [-0.39, 0.29) is 35.8 Å². The summed E-state index contributed by atoms with van der Waals surface area (Å²) in [6.07, 6.45) is 5.13. The van der Waals surface area contributed by atoms with Gasteiger partial charge in [-0.1, -0.05) is 18.6 Å². The van der Waals surface area contributed by atoms with E-state index in [1.165, 1.54) is 37.8 Å². The van der Waals surface area contributed by atoms with Crippen LogP contribution in [0.2, 0.25) is 0 Å². The Morgan fingerprint density at radius 2 is 2.11 bits per heavy atom. The molecule has 1 amide bonds. The number of benzene rings is 1. The van der Waals surface area contributed by atoms with Crippen LogP contribution in [0.1, 0.15) is 48.9 Å². The average molecular weight is 384 g/mol. The highest BCUT2D eigenvalue weighted by Gasteiger charge is 2.42. The molecule has 2 saturated carbocycles. The van der Waals surface area contributed by atoms with E-state index < -0.39 is 4.92 Å². The predicted octanol–water partition coefficient (Wildman–Crippen LogP) is 4.32. The van der Waals surface area contributed by atoms with Gasteiger partial charge in [0.2, 0.25) is 0 Å². The highest BCUT2D eigenvalue weighted by Crippen LogP contribution is 2.49. The fraction of sp³-hybridized carbons (Fsp3) is 0.476. The molecule has 0 spiro atoms. The van der Waals surface area contributed by atoms with Gasteiger partial charge in [-0.3, -0.25) is 14.9 Å². The van der Waals surface area contributed by atoms with Crippen molar-refractivity contribution in [1.82, 2.24) is 5.32 Å². The molecule has 0 aliphatic heterocycles. The zero-order valence-corrected chi connectivity index (χ0v) is 15.8. The lowest BCUT2D eigenvalue weighted by atomic mass is 9.84. The second-order valence-corrected chi connectivity index (χ2v) is 7.88. The van der Waals surface area contributed by atoms with Crippen LogP contribution in [-0.2, 0) is 6.61 Å². The van der Waals surface area contributed by atoms with Crippen LogP contribution < -0.4 is 10.1 Å². The summed E-state index contributed by atoms with van der Waals surface area (Å²) in [6.45, 7) is 2.09. The number of fused-ring (bicyclic) bond motifs is 2. The molecule has 1 aromatic carbocycles. The first-order chi connectivity index (χ1) is 13.5. The minimum Gasteiger partial charge on any atom is -0.479 e. The second kappa shape index (κ2) is 7.66. The highest BCUT2D eigenvalue weighted by molar-refractivity contribution is 5.91. The zero-order chi connectivity index (χ0) is 19.7. The lowest BCUT2D eigenvalue weighted by molar-refractivity contribution is -0.386. The number of amides is 1. The standard InChI is InChI=1S/C21H24N2O5/c1-13(17-11-14-6-7-15(17)10-14)22-21(24)20-9-8-16(28-20)12-27-19-5-3-2-4-18(19)23(25)26/h2-5,8-9,13-15,17H,6-7,10-12H2,1H3,(H,22,24)/t13-,14-,15-,17+/m1/s1. The lowest BCUT2D eigenvalue weighted by Crippen LogP contribution is -2.40. The predicted molar refractivity (Wildman–Crippen MR) is 102 cm³/mol. The van der Waals surface area contributed by atoms with Crippen molar-refractivity contribution >= 4 is 11.6 Å². The fourth-order valence-corrected chi connectivity index (χ4v) is 4.75. The molecule has 0 radical (unpaired) electrons. The van der Waals surface area contributed by atoms with Crippen molar-refractivity contribution in [1.29, 1.82) is 0 Å². The van der Waals surface area contributed by atoms with Crippen molar-refractivity contribution in [3.63, 3.8) is 0 Å². The maximum atomic E-state index is 12.5. The van der Waals surface area contributed by atoms with E-state index in [9.17, 15) is 14.9 Å². The lowest BCUT2D eigenvalue weighted by Gasteiger charge is -2.28. The molecule has 2 bridgehead atoms. The van der Waals surface area contributed by atoms with Crippen molar-refractivity contribution in [3.8, 4) is 5.75 Å². The smallest absolute Gasteiger partial charge is 0.310 e. The monoisotopic (exact) mass is 384 g/mol. The maximum absolute atomic E-state index is 12.5. The summed E-state index contributed by atoms with van der Waals surface area (Å²) in [5.74, 6) is 2.74. The Morgan fingerprint density at radius 3 is 2.82 bits per heavy atom. The van der Waals surface area contributed by atoms with E-state index in [2.05, 4.69) is 12.2 Å². The molecule has 7 nitrogen and oxygen atoms in total. The number of nitro benzene ring substituents is 1. The molecule has 1 aromatic heterocycles. The molecule has 0 unspecified atom stereocenters. The molecular formula is C21H24N2O5. The highest BCUT2D eigenvalue weighted by atomic mass is 16.6. The van der Waals surface area contributed by atoms with Crippen LogP contribution in [0.25, 0.3) is 0 Å². The van der Waals surface area contributed by atoms with Gasteiger partial charge in [0.25, 0.3) is 5.91 Å². The number of nitrogens with one attached hydrogen (secondary N) is 1. The van der Waals surface area contributed by atoms with Gasteiger partial charge in [0.15, 0.2) is 11.5 Å². The third-order valence-electron chi connectivity index (χ3n) is 6.11. The molecule has 2 fully saturated rings. The van der Waals surface area contributed by atoms with Gasteiger partial charge < -0.3 is 14.5 Å². The summed E-state index contributed by atoms with van der Waals surface area (Å²) in [5, 5.41) is 14.1. The van der Waals surface area contributed by atoms with Crippen molar-refractivity contribution in [2.24, 2.45) is 17.8 Å². The van der Waals surface area contributed by atoms with Gasteiger partial charge in [-0.05, 0) is 62.1 Å². The molecule has 2 aliphatic carbocycles. The Hall–Kier alpha value is -2.83. The summed E-state index contributed by atoms with van der Waals surface area (Å²) < 4.78 is 11.1. The number of ether oxygens (including phenoxy) is 1. The minimum absolute atomic E-state index is 0.0140. The average Bonchev–Trinajstić information content (AvgIpc) is 3.43. The Kier molecular flexibility index (Phi) is 5.07. The van der Waals surface area contributed by atoms with E-state index in [1.807, 2.05) is 0 Å². The Morgan fingerprint density at radius 1 is 1.29 bits per heavy atom. The fourth-order valence-electron chi connectivity index (χ4n) is 4.75. The number of hydrogen-bond donors (Lipinski definition) is 1. The van der Waals surface area contributed by atoms with E-state index in [0.29, 0.717) is 11.7 Å². The molecule has 0 saturated heterocycles. The van der Waals surface area contributed by atoms with Crippen LogP contribution >= 0.6 is 0 Å². The summed E-state index contributed by atoms with van der Waals surface area (Å²) in [5.41, 5.74) is -0.105. The molecule has 1 heterocycles. The number of para-hydroxylation sites is 2. The van der Waals surface area contributed by atoms with Gasteiger partial charge in [0.05, 0.1) is 4.92 Å². The van der Waals surface area contributed by atoms with Crippen LogP contribution in [0.3, 0.4) is 0 Å². The molecule has 148 valence electrons. The van der Waals surface area contributed by atoms with Gasteiger partial charge in [-0.15, -0.1) is 0 Å². The number of hydrogen-bond acceptors (Lipinski definition) is 5. The minimum atomic E-state index is -0.493. The summed E-state index contributed by atoms with van der Waals surface area (Å²) in [7, 11) is 0. The molecule has 4 atom stereocenters. The molecule has 7 heteroatoms. The topological polar surface area (TPSA) is 94.6 Å². The number of rotatable bonds is 7. The summed E-state index contributed by atoms with van der Waals surface area (Å²) >= 11 is 0. The third-order valence-corrected chi connectivity index (χ3v) is 6.11. The molecular weight excluding hydrogens is 360 g/mol. The first-order valence-electron chi connectivity index (χ1n) is 9.77. The Labute approximate surface area is 163 Å². The van der Waals surface area contributed by atoms with Gasteiger partial charge in [0, 0.05) is 12.1 Å². The normalized spacial score (nSPS) is 24.1. The second-order valence-electron chi connectivity index (χ2n) is 7.88. The van der Waals surface area contributed by atoms with Crippen molar-refractivity contribution in [2.75, 3.05) is 0 Å². The van der Waals surface area contributed by atoms with Crippen molar-refractivity contribution in [2.45, 2.75) is 45.3 Å². The van der Waals surface area contributed by atoms with Crippen LogP contribution in [0.4, 0.5) is 5.69 Å². The number of nitro groups is 1. The van der Waals surface area contributed by atoms with E-state index >= 15 is 0 Å². The van der Waals surface area contributed by atoms with Gasteiger partial charge in [-0.2, -0.15) is 0 Å². The number of carbonyl (C=O) groups is 1. The van der Waals surface area contributed by atoms with Crippen LogP contribution in [0, 0.1) is 27.9 Å². The molecule has 2 aromatic rings. The number of furan rings is 1. The Bertz CT molecular complexity index is 877. The van der Waals surface area contributed by atoms with Crippen LogP contribution in [0.5, 0.6) is 5.75 Å². The summed E-state index contributed by atoms with van der Waals surface area (Å²) in [4.78, 5) is 23.1. The number of carbonyl (C=O) groups excluding carboxylic acids is 1. The van der Waals surface area contributed by atoms with E-state index in [0.717, 1.165) is 11.8 Å². The quantitative estimate of drug-likeness (QED) is 0.567. The van der Waals surface area contributed by atoms with Crippen molar-refractivity contribution < 1.29 is 18.9 Å².